The molecule has 2 heterocycles. The molecule has 0 unspecified atom stereocenters. The molecule has 0 saturated carbocycles. The average Bonchev–Trinajstić information content (AvgIpc) is 2.95. The second-order valence-corrected chi connectivity index (χ2v) is 6.13. The Morgan fingerprint density at radius 1 is 1.35 bits per heavy atom. The number of fused-ring (bicyclic) bond motifs is 1. The number of carbonyl (C=O) groups excluding carboxylic acids is 1. The Balaban J connectivity index is 1.98. The summed E-state index contributed by atoms with van der Waals surface area (Å²) in [6.07, 6.45) is 2.80. The van der Waals surface area contributed by atoms with E-state index in [1.807, 2.05) is 24.3 Å². The number of phenolic OH excluding ortho intramolecular Hbond substituents is 1. The number of nitrogens with zero attached hydrogens (tertiary/aromatic N) is 1. The Morgan fingerprint density at radius 2 is 2.20 bits per heavy atom. The summed E-state index contributed by atoms with van der Waals surface area (Å²) in [6, 6.07) is 9.37. The first-order valence-corrected chi connectivity index (χ1v) is 7.73. The minimum atomic E-state index is -0.00264. The van der Waals surface area contributed by atoms with Crippen LogP contribution >= 0.6 is 11.3 Å². The third-order valence-corrected chi connectivity index (χ3v) is 4.88. The van der Waals surface area contributed by atoms with Gasteiger partial charge in [0.25, 0.3) is 5.91 Å². The van der Waals surface area contributed by atoms with Crippen molar-refractivity contribution in [2.24, 2.45) is 0 Å². The molecule has 3 rings (SSSR count). The fraction of sp³-hybridized carbons (Fsp3) is 0.312. The number of amides is 1. The summed E-state index contributed by atoms with van der Waals surface area (Å²) in [6.45, 7) is 2.75. The van der Waals surface area contributed by atoms with Crippen molar-refractivity contribution in [1.82, 2.24) is 0 Å². The van der Waals surface area contributed by atoms with E-state index in [-0.39, 0.29) is 11.7 Å². The molecular formula is C16H17NO2S. The third kappa shape index (κ3) is 2.20. The van der Waals surface area contributed by atoms with Gasteiger partial charge >= 0.3 is 0 Å². The Bertz CT molecular complexity index is 648. The highest BCUT2D eigenvalue weighted by Gasteiger charge is 2.26. The van der Waals surface area contributed by atoms with E-state index in [4.69, 9.17) is 0 Å². The number of thiophene rings is 1. The van der Waals surface area contributed by atoms with Crippen molar-refractivity contribution in [3.63, 3.8) is 0 Å². The van der Waals surface area contributed by atoms with E-state index in [1.54, 1.807) is 22.3 Å². The van der Waals surface area contributed by atoms with Gasteiger partial charge < -0.3 is 10.0 Å². The summed E-state index contributed by atoms with van der Waals surface area (Å²) in [5.41, 5.74) is 1.74. The molecule has 20 heavy (non-hydrogen) atoms. The van der Waals surface area contributed by atoms with Crippen LogP contribution in [0.2, 0.25) is 0 Å². The molecule has 0 atom stereocenters. The second kappa shape index (κ2) is 5.29. The Hall–Kier alpha value is -1.81. The van der Waals surface area contributed by atoms with Crippen molar-refractivity contribution in [2.45, 2.75) is 26.2 Å². The molecule has 1 aliphatic rings. The molecular weight excluding hydrogens is 270 g/mol. The number of aryl methyl sites for hydroxylation is 2. The highest BCUT2D eigenvalue weighted by molar-refractivity contribution is 7.14. The van der Waals surface area contributed by atoms with Crippen molar-refractivity contribution in [3.8, 4) is 5.75 Å². The molecule has 0 radical (unpaired) electrons. The standard InChI is InChI=1S/C16H17NO2S/c1-2-12-8-9-14(20-12)16(19)17-10-4-6-11-5-3-7-13(18)15(11)17/h3,5,7-9,18H,2,4,6,10H2,1H3. The van der Waals surface area contributed by atoms with Crippen LogP contribution in [-0.2, 0) is 12.8 Å². The van der Waals surface area contributed by atoms with E-state index in [2.05, 4.69) is 6.92 Å². The molecule has 2 aromatic rings. The van der Waals surface area contributed by atoms with Crippen molar-refractivity contribution < 1.29 is 9.90 Å². The molecule has 0 bridgehead atoms. The summed E-state index contributed by atoms with van der Waals surface area (Å²) in [5.74, 6) is 0.194. The summed E-state index contributed by atoms with van der Waals surface area (Å²) < 4.78 is 0. The molecule has 1 aromatic carbocycles. The maximum atomic E-state index is 12.7. The molecule has 0 fully saturated rings. The van der Waals surface area contributed by atoms with Gasteiger partial charge in [0.2, 0.25) is 0 Å². The lowest BCUT2D eigenvalue weighted by molar-refractivity contribution is 0.0988. The lowest BCUT2D eigenvalue weighted by atomic mass is 10.0. The van der Waals surface area contributed by atoms with Gasteiger partial charge in [0.1, 0.15) is 5.75 Å². The van der Waals surface area contributed by atoms with Crippen LogP contribution in [0.5, 0.6) is 5.75 Å². The highest BCUT2D eigenvalue weighted by atomic mass is 32.1. The fourth-order valence-corrected chi connectivity index (χ4v) is 3.55. The number of benzene rings is 1. The third-order valence-electron chi connectivity index (χ3n) is 3.66. The zero-order valence-electron chi connectivity index (χ0n) is 11.4. The number of para-hydroxylation sites is 1. The molecule has 1 amide bonds. The fourth-order valence-electron chi connectivity index (χ4n) is 2.65. The number of rotatable bonds is 2. The summed E-state index contributed by atoms with van der Waals surface area (Å²) in [5, 5.41) is 10.1. The lowest BCUT2D eigenvalue weighted by Gasteiger charge is -2.29. The Morgan fingerprint density at radius 3 is 2.95 bits per heavy atom. The van der Waals surface area contributed by atoms with E-state index >= 15 is 0 Å². The zero-order chi connectivity index (χ0) is 14.1. The van der Waals surface area contributed by atoms with Gasteiger partial charge in [0.05, 0.1) is 10.6 Å². The Labute approximate surface area is 122 Å². The maximum absolute atomic E-state index is 12.7. The van der Waals surface area contributed by atoms with Crippen LogP contribution in [0.3, 0.4) is 0 Å². The summed E-state index contributed by atoms with van der Waals surface area (Å²) >= 11 is 1.54. The van der Waals surface area contributed by atoms with Crippen molar-refractivity contribution >= 4 is 22.9 Å². The van der Waals surface area contributed by atoms with Gasteiger partial charge in [0.15, 0.2) is 0 Å². The van der Waals surface area contributed by atoms with Crippen LogP contribution in [0.15, 0.2) is 30.3 Å². The molecule has 0 saturated heterocycles. The number of anilines is 1. The molecule has 1 aliphatic heterocycles. The van der Waals surface area contributed by atoms with Gasteiger partial charge in [-0.25, -0.2) is 0 Å². The van der Waals surface area contributed by atoms with E-state index in [0.717, 1.165) is 29.7 Å². The van der Waals surface area contributed by atoms with Gasteiger partial charge in [-0.2, -0.15) is 0 Å². The minimum Gasteiger partial charge on any atom is -0.506 e. The topological polar surface area (TPSA) is 40.5 Å². The molecule has 0 aliphatic carbocycles. The monoisotopic (exact) mass is 287 g/mol. The van der Waals surface area contributed by atoms with Crippen molar-refractivity contribution in [1.29, 1.82) is 0 Å². The van der Waals surface area contributed by atoms with E-state index in [9.17, 15) is 9.90 Å². The first-order chi connectivity index (χ1) is 9.70. The van der Waals surface area contributed by atoms with E-state index in [1.165, 1.54) is 4.88 Å². The quantitative estimate of drug-likeness (QED) is 0.916. The van der Waals surface area contributed by atoms with Crippen molar-refractivity contribution in [2.75, 3.05) is 11.4 Å². The van der Waals surface area contributed by atoms with Gasteiger partial charge in [-0.3, -0.25) is 4.79 Å². The number of aromatic hydroxyl groups is 1. The Kier molecular flexibility index (Phi) is 3.49. The number of hydrogen-bond acceptors (Lipinski definition) is 3. The minimum absolute atomic E-state index is 0.00264. The van der Waals surface area contributed by atoms with Crippen LogP contribution in [0.25, 0.3) is 0 Å². The molecule has 0 spiro atoms. The van der Waals surface area contributed by atoms with Crippen LogP contribution in [-0.4, -0.2) is 17.6 Å². The second-order valence-electron chi connectivity index (χ2n) is 4.96. The SMILES string of the molecule is CCc1ccc(C(=O)N2CCCc3cccc(O)c32)s1. The van der Waals surface area contributed by atoms with E-state index < -0.39 is 0 Å². The van der Waals surface area contributed by atoms with E-state index in [0.29, 0.717) is 12.2 Å². The highest BCUT2D eigenvalue weighted by Crippen LogP contribution is 2.36. The van der Waals surface area contributed by atoms with Crippen LogP contribution in [0, 0.1) is 0 Å². The predicted octanol–water partition coefficient (Wildman–Crippen LogP) is 3.61. The van der Waals surface area contributed by atoms with Gasteiger partial charge in [-0.05, 0) is 43.0 Å². The smallest absolute Gasteiger partial charge is 0.268 e. The molecule has 3 nitrogen and oxygen atoms in total. The molecule has 1 N–H and O–H groups in total. The lowest BCUT2D eigenvalue weighted by Crippen LogP contribution is -2.35. The summed E-state index contributed by atoms with van der Waals surface area (Å²) in [7, 11) is 0. The van der Waals surface area contributed by atoms with Crippen molar-refractivity contribution in [3.05, 3.63) is 45.6 Å². The van der Waals surface area contributed by atoms with Crippen LogP contribution < -0.4 is 4.90 Å². The predicted molar refractivity (Wildman–Crippen MR) is 81.8 cm³/mol. The first kappa shape index (κ1) is 13.2. The largest absolute Gasteiger partial charge is 0.506 e. The number of phenols is 1. The number of hydrogen-bond donors (Lipinski definition) is 1. The van der Waals surface area contributed by atoms with Gasteiger partial charge in [-0.1, -0.05) is 19.1 Å². The maximum Gasteiger partial charge on any atom is 0.268 e. The molecule has 104 valence electrons. The normalized spacial score (nSPS) is 14.2. The average molecular weight is 287 g/mol. The zero-order valence-corrected chi connectivity index (χ0v) is 12.2. The van der Waals surface area contributed by atoms with Crippen LogP contribution in [0.1, 0.15) is 33.5 Å². The summed E-state index contributed by atoms with van der Waals surface area (Å²) in [4.78, 5) is 16.3. The van der Waals surface area contributed by atoms with Crippen LogP contribution in [0.4, 0.5) is 5.69 Å². The van der Waals surface area contributed by atoms with Gasteiger partial charge in [-0.15, -0.1) is 11.3 Å². The molecule has 1 aromatic heterocycles. The molecule has 4 heteroatoms. The first-order valence-electron chi connectivity index (χ1n) is 6.92. The number of carbonyl (C=O) groups is 1. The van der Waals surface area contributed by atoms with Gasteiger partial charge in [0, 0.05) is 11.4 Å².